The van der Waals surface area contributed by atoms with Crippen LogP contribution in [0, 0.1) is 17.8 Å². The van der Waals surface area contributed by atoms with Gasteiger partial charge in [0.2, 0.25) is 5.91 Å². The molecule has 132 valence electrons. The van der Waals surface area contributed by atoms with Crippen LogP contribution in [0.4, 0.5) is 4.79 Å². The maximum Gasteiger partial charge on any atom is 0.410 e. The molecule has 0 saturated carbocycles. The average molecular weight is 326 g/mol. The van der Waals surface area contributed by atoms with E-state index in [0.717, 1.165) is 12.7 Å². The normalized spacial score (nSPS) is 21.9. The number of rotatable bonds is 5. The van der Waals surface area contributed by atoms with Crippen LogP contribution in [-0.4, -0.2) is 48.4 Å². The molecule has 6 heteroatoms. The van der Waals surface area contributed by atoms with Gasteiger partial charge in [-0.25, -0.2) is 4.79 Å². The summed E-state index contributed by atoms with van der Waals surface area (Å²) in [5.41, 5.74) is -0.597. The van der Waals surface area contributed by atoms with E-state index in [1.807, 2.05) is 0 Å². The van der Waals surface area contributed by atoms with Crippen molar-refractivity contribution in [3.8, 4) is 0 Å². The quantitative estimate of drug-likeness (QED) is 0.786. The average Bonchev–Trinajstić information content (AvgIpc) is 2.44. The van der Waals surface area contributed by atoms with E-state index in [0.29, 0.717) is 32.0 Å². The van der Waals surface area contributed by atoms with Gasteiger partial charge in [0, 0.05) is 25.6 Å². The minimum Gasteiger partial charge on any atom is -0.444 e. The van der Waals surface area contributed by atoms with Gasteiger partial charge in [0.15, 0.2) is 0 Å². The number of amides is 2. The van der Waals surface area contributed by atoms with Crippen molar-refractivity contribution in [2.24, 2.45) is 17.8 Å². The van der Waals surface area contributed by atoms with E-state index in [4.69, 9.17) is 4.74 Å². The SMILES string of the molecule is CC(C)CCNC(=O)[C@H]1CC(C=O)CN(C(=O)OC(C)(C)C)C1. The minimum atomic E-state index is -0.597. The molecular weight excluding hydrogens is 296 g/mol. The van der Waals surface area contributed by atoms with Gasteiger partial charge in [0.25, 0.3) is 0 Å². The van der Waals surface area contributed by atoms with Crippen LogP contribution in [0.1, 0.15) is 47.5 Å². The first-order valence-electron chi connectivity index (χ1n) is 8.33. The minimum absolute atomic E-state index is 0.0919. The van der Waals surface area contributed by atoms with Crippen molar-refractivity contribution in [1.29, 1.82) is 0 Å². The lowest BCUT2D eigenvalue weighted by molar-refractivity contribution is -0.128. The molecule has 0 bridgehead atoms. The Kier molecular flexibility index (Phi) is 7.03. The molecule has 1 heterocycles. The molecule has 1 aliphatic heterocycles. The van der Waals surface area contributed by atoms with Gasteiger partial charge in [-0.1, -0.05) is 13.8 Å². The van der Waals surface area contributed by atoms with Gasteiger partial charge < -0.3 is 19.7 Å². The van der Waals surface area contributed by atoms with E-state index in [9.17, 15) is 14.4 Å². The summed E-state index contributed by atoms with van der Waals surface area (Å²) >= 11 is 0. The molecule has 0 aromatic rings. The smallest absolute Gasteiger partial charge is 0.410 e. The van der Waals surface area contributed by atoms with Gasteiger partial charge >= 0.3 is 6.09 Å². The second-order valence-electron chi connectivity index (χ2n) is 7.69. The molecule has 23 heavy (non-hydrogen) atoms. The Labute approximate surface area is 138 Å². The standard InChI is InChI=1S/C17H30N2O4/c1-12(2)6-7-18-15(21)14-8-13(11-20)9-19(10-14)16(22)23-17(3,4)5/h11-14H,6-10H2,1-5H3,(H,18,21)/t13?,14-/m0/s1. The number of aldehydes is 1. The van der Waals surface area contributed by atoms with E-state index in [-0.39, 0.29) is 17.7 Å². The van der Waals surface area contributed by atoms with E-state index in [1.54, 1.807) is 20.8 Å². The van der Waals surface area contributed by atoms with Crippen molar-refractivity contribution < 1.29 is 19.1 Å². The van der Waals surface area contributed by atoms with Crippen LogP contribution >= 0.6 is 0 Å². The van der Waals surface area contributed by atoms with E-state index in [2.05, 4.69) is 19.2 Å². The van der Waals surface area contributed by atoms with Crippen LogP contribution in [0.15, 0.2) is 0 Å². The number of carbonyl (C=O) groups is 3. The lowest BCUT2D eigenvalue weighted by atomic mass is 9.89. The fraction of sp³-hybridized carbons (Fsp3) is 0.824. The van der Waals surface area contributed by atoms with Crippen LogP contribution in [0.25, 0.3) is 0 Å². The van der Waals surface area contributed by atoms with Crippen molar-refractivity contribution in [2.75, 3.05) is 19.6 Å². The summed E-state index contributed by atoms with van der Waals surface area (Å²) < 4.78 is 5.35. The topological polar surface area (TPSA) is 75.7 Å². The fourth-order valence-electron chi connectivity index (χ4n) is 2.53. The lowest BCUT2D eigenvalue weighted by Crippen LogP contribution is -2.50. The Hall–Kier alpha value is -1.59. The van der Waals surface area contributed by atoms with Crippen LogP contribution in [0.2, 0.25) is 0 Å². The van der Waals surface area contributed by atoms with Crippen molar-refractivity contribution in [2.45, 2.75) is 53.1 Å². The van der Waals surface area contributed by atoms with Crippen molar-refractivity contribution >= 4 is 18.3 Å². The fourth-order valence-corrected chi connectivity index (χ4v) is 2.53. The van der Waals surface area contributed by atoms with E-state index in [1.165, 1.54) is 4.90 Å². The second-order valence-corrected chi connectivity index (χ2v) is 7.69. The highest BCUT2D eigenvalue weighted by atomic mass is 16.6. The molecule has 1 aliphatic rings. The van der Waals surface area contributed by atoms with Crippen molar-refractivity contribution in [1.82, 2.24) is 10.2 Å². The van der Waals surface area contributed by atoms with Crippen LogP contribution in [-0.2, 0) is 14.3 Å². The number of nitrogens with zero attached hydrogens (tertiary/aromatic N) is 1. The Morgan fingerprint density at radius 1 is 1.30 bits per heavy atom. The Balaban J connectivity index is 2.64. The number of piperidine rings is 1. The molecule has 1 rings (SSSR count). The zero-order valence-electron chi connectivity index (χ0n) is 14.9. The van der Waals surface area contributed by atoms with Gasteiger partial charge in [-0.3, -0.25) is 4.79 Å². The molecular formula is C17H30N2O4. The number of ether oxygens (including phenoxy) is 1. The zero-order chi connectivity index (χ0) is 17.6. The van der Waals surface area contributed by atoms with Crippen LogP contribution in [0.3, 0.4) is 0 Å². The molecule has 2 amide bonds. The molecule has 0 aliphatic carbocycles. The van der Waals surface area contributed by atoms with Gasteiger partial charge in [-0.15, -0.1) is 0 Å². The van der Waals surface area contributed by atoms with Crippen molar-refractivity contribution in [3.05, 3.63) is 0 Å². The molecule has 0 aromatic heterocycles. The summed E-state index contributed by atoms with van der Waals surface area (Å²) in [7, 11) is 0. The molecule has 6 nitrogen and oxygen atoms in total. The van der Waals surface area contributed by atoms with E-state index < -0.39 is 11.7 Å². The first kappa shape index (κ1) is 19.5. The first-order valence-corrected chi connectivity index (χ1v) is 8.33. The van der Waals surface area contributed by atoms with Gasteiger partial charge in [0.1, 0.15) is 11.9 Å². The number of hydrogen-bond acceptors (Lipinski definition) is 4. The van der Waals surface area contributed by atoms with Gasteiger partial charge in [-0.05, 0) is 39.5 Å². The predicted octanol–water partition coefficient (Wildman–Crippen LogP) is 2.22. The van der Waals surface area contributed by atoms with E-state index >= 15 is 0 Å². The Morgan fingerprint density at radius 3 is 2.48 bits per heavy atom. The summed E-state index contributed by atoms with van der Waals surface area (Å²) in [5, 5.41) is 2.90. The third-order valence-electron chi connectivity index (χ3n) is 3.72. The highest BCUT2D eigenvalue weighted by Gasteiger charge is 2.35. The van der Waals surface area contributed by atoms with Crippen LogP contribution < -0.4 is 5.32 Å². The van der Waals surface area contributed by atoms with Gasteiger partial charge in [0.05, 0.1) is 5.92 Å². The molecule has 0 aromatic carbocycles. The second kappa shape index (κ2) is 8.31. The molecule has 1 saturated heterocycles. The maximum absolute atomic E-state index is 12.3. The zero-order valence-corrected chi connectivity index (χ0v) is 14.9. The number of carbonyl (C=O) groups excluding carboxylic acids is 3. The summed E-state index contributed by atoms with van der Waals surface area (Å²) in [6.07, 6.45) is 1.75. The van der Waals surface area contributed by atoms with Crippen LogP contribution in [0.5, 0.6) is 0 Å². The van der Waals surface area contributed by atoms with Crippen molar-refractivity contribution in [3.63, 3.8) is 0 Å². The molecule has 1 unspecified atom stereocenters. The maximum atomic E-state index is 12.3. The monoisotopic (exact) mass is 326 g/mol. The molecule has 1 N–H and O–H groups in total. The molecule has 0 spiro atoms. The number of hydrogen-bond donors (Lipinski definition) is 1. The first-order chi connectivity index (χ1) is 10.6. The summed E-state index contributed by atoms with van der Waals surface area (Å²) in [4.78, 5) is 37.1. The third kappa shape index (κ3) is 7.01. The molecule has 2 atom stereocenters. The lowest BCUT2D eigenvalue weighted by Gasteiger charge is -2.36. The summed E-state index contributed by atoms with van der Waals surface area (Å²) in [6, 6.07) is 0. The summed E-state index contributed by atoms with van der Waals surface area (Å²) in [6.45, 7) is 10.8. The predicted molar refractivity (Wildman–Crippen MR) is 87.9 cm³/mol. The molecule has 0 radical (unpaired) electrons. The highest BCUT2D eigenvalue weighted by molar-refractivity contribution is 5.80. The number of nitrogens with one attached hydrogen (secondary N) is 1. The summed E-state index contributed by atoms with van der Waals surface area (Å²) in [5.74, 6) is -0.260. The largest absolute Gasteiger partial charge is 0.444 e. The highest BCUT2D eigenvalue weighted by Crippen LogP contribution is 2.23. The Morgan fingerprint density at radius 2 is 1.96 bits per heavy atom. The third-order valence-corrected chi connectivity index (χ3v) is 3.72. The Bertz CT molecular complexity index is 429. The van der Waals surface area contributed by atoms with Gasteiger partial charge in [-0.2, -0.15) is 0 Å². The number of likely N-dealkylation sites (tertiary alicyclic amines) is 1. The molecule has 1 fully saturated rings.